The molecule has 0 saturated carbocycles. The van der Waals surface area contributed by atoms with E-state index in [9.17, 15) is 19.5 Å². The van der Waals surface area contributed by atoms with Gasteiger partial charge < -0.3 is 20.3 Å². The van der Waals surface area contributed by atoms with Crippen molar-refractivity contribution >= 4 is 17.8 Å². The van der Waals surface area contributed by atoms with E-state index in [-0.39, 0.29) is 36.3 Å². The van der Waals surface area contributed by atoms with E-state index < -0.39 is 23.9 Å². The van der Waals surface area contributed by atoms with Crippen molar-refractivity contribution in [1.29, 1.82) is 0 Å². The number of rotatable bonds is 9. The zero-order valence-electron chi connectivity index (χ0n) is 14.2. The zero-order chi connectivity index (χ0) is 18.5. The summed E-state index contributed by atoms with van der Waals surface area (Å²) in [6, 6.07) is 16.5. The van der Waals surface area contributed by atoms with E-state index in [0.717, 1.165) is 12.0 Å². The molecule has 0 saturated heterocycles. The molecule has 2 N–H and O–H groups in total. The Hall–Kier alpha value is -2.37. The standard InChI is InChI=1S/C14H18NO5.C5H5.Fe/c16-12(7-3-6-10-4-1-2-5-10)15-11(14(19)20)8-9-13(17)18;1-2-4-5-3-1;/h1-2,4-5,11H,3,6-9H2,(H,15,16)(H,17,18)(H,19,20);1-5H;/q2*-1;+3/p-1/t11-;;/m1../s1. The van der Waals surface area contributed by atoms with Crippen molar-refractivity contribution in [3.8, 4) is 0 Å². The summed E-state index contributed by atoms with van der Waals surface area (Å²) in [5.41, 5.74) is 1.13. The predicted octanol–water partition coefficient (Wildman–Crippen LogP) is 1.23. The molecular weight excluding hydrogens is 378 g/mol. The molecule has 0 unspecified atom stereocenters. The first kappa shape index (κ1) is 23.6. The molecule has 1 radical (unpaired) electrons. The molecule has 6 nitrogen and oxygen atoms in total. The fourth-order valence-corrected chi connectivity index (χ4v) is 2.14. The van der Waals surface area contributed by atoms with Crippen LogP contribution in [-0.2, 0) is 37.9 Å². The van der Waals surface area contributed by atoms with Crippen molar-refractivity contribution in [2.24, 2.45) is 0 Å². The Morgan fingerprint density at radius 2 is 1.69 bits per heavy atom. The molecule has 0 spiro atoms. The van der Waals surface area contributed by atoms with E-state index in [2.05, 4.69) is 5.32 Å². The maximum Gasteiger partial charge on any atom is 3.00 e. The third-order valence-corrected chi connectivity index (χ3v) is 3.42. The largest absolute Gasteiger partial charge is 3.00 e. The van der Waals surface area contributed by atoms with Gasteiger partial charge in [0.2, 0.25) is 5.91 Å². The zero-order valence-corrected chi connectivity index (χ0v) is 15.3. The van der Waals surface area contributed by atoms with Crippen LogP contribution in [0.1, 0.15) is 31.2 Å². The normalized spacial score (nSPS) is 10.6. The molecule has 2 rings (SSSR count). The molecule has 1 atom stereocenters. The molecule has 0 aliphatic carbocycles. The molecule has 2 aromatic rings. The third kappa shape index (κ3) is 11.2. The van der Waals surface area contributed by atoms with Crippen molar-refractivity contribution in [2.75, 3.05) is 0 Å². The van der Waals surface area contributed by atoms with Crippen LogP contribution in [0.25, 0.3) is 0 Å². The molecule has 0 fully saturated rings. The number of hydrogen-bond acceptors (Lipinski definition) is 4. The SMILES string of the molecule is O=C(O)CC[C@@H](NC(=O)CCC[c-]1cccc1)C(=O)[O-].[Fe+3].c1cc[cH-]c1. The summed E-state index contributed by atoms with van der Waals surface area (Å²) in [6.45, 7) is 0. The average molecular weight is 400 g/mol. The van der Waals surface area contributed by atoms with Gasteiger partial charge in [0.15, 0.2) is 0 Å². The summed E-state index contributed by atoms with van der Waals surface area (Å²) >= 11 is 0. The first-order valence-electron chi connectivity index (χ1n) is 8.08. The Kier molecular flexibility index (Phi) is 12.6. The molecule has 0 aromatic heterocycles. The fourth-order valence-electron chi connectivity index (χ4n) is 2.14. The smallest absolute Gasteiger partial charge is 0.548 e. The van der Waals surface area contributed by atoms with Crippen LogP contribution in [0.4, 0.5) is 0 Å². The van der Waals surface area contributed by atoms with Crippen LogP contribution < -0.4 is 10.4 Å². The van der Waals surface area contributed by atoms with Crippen LogP contribution in [0.15, 0.2) is 54.6 Å². The van der Waals surface area contributed by atoms with Crippen LogP contribution in [0.2, 0.25) is 0 Å². The maximum atomic E-state index is 11.6. The molecule has 0 aliphatic heterocycles. The maximum absolute atomic E-state index is 11.6. The number of aryl methyl sites for hydroxylation is 1. The number of aliphatic carboxylic acids is 2. The van der Waals surface area contributed by atoms with Gasteiger partial charge in [-0.25, -0.2) is 24.3 Å². The van der Waals surface area contributed by atoms with Crippen molar-refractivity contribution in [3.05, 3.63) is 60.2 Å². The van der Waals surface area contributed by atoms with Crippen molar-refractivity contribution < 1.29 is 41.7 Å². The van der Waals surface area contributed by atoms with Crippen molar-refractivity contribution in [3.63, 3.8) is 0 Å². The van der Waals surface area contributed by atoms with E-state index in [1.807, 2.05) is 54.6 Å². The minimum Gasteiger partial charge on any atom is -0.548 e. The Bertz CT molecular complexity index is 605. The molecule has 7 heteroatoms. The number of carboxylic acid groups (broad SMARTS) is 2. The molecule has 0 heterocycles. The van der Waals surface area contributed by atoms with E-state index in [1.165, 1.54) is 0 Å². The van der Waals surface area contributed by atoms with Gasteiger partial charge in [0.05, 0.1) is 12.0 Å². The molecule has 141 valence electrons. The van der Waals surface area contributed by atoms with Gasteiger partial charge in [0.25, 0.3) is 0 Å². The Balaban J connectivity index is 0.000000893. The van der Waals surface area contributed by atoms with Gasteiger partial charge in [-0.3, -0.25) is 9.59 Å². The molecular formula is C19H22FeNO5. The van der Waals surface area contributed by atoms with E-state index in [4.69, 9.17) is 5.11 Å². The van der Waals surface area contributed by atoms with Gasteiger partial charge in [-0.05, 0) is 6.42 Å². The average Bonchev–Trinajstić information content (AvgIpc) is 3.26. The van der Waals surface area contributed by atoms with Crippen LogP contribution in [0.3, 0.4) is 0 Å². The van der Waals surface area contributed by atoms with Crippen LogP contribution in [-0.4, -0.2) is 29.0 Å². The topological polar surface area (TPSA) is 107 Å². The van der Waals surface area contributed by atoms with Gasteiger partial charge in [-0.15, -0.1) is 0 Å². The van der Waals surface area contributed by atoms with Crippen LogP contribution >= 0.6 is 0 Å². The van der Waals surface area contributed by atoms with E-state index >= 15 is 0 Å². The first-order valence-corrected chi connectivity index (χ1v) is 8.08. The molecule has 26 heavy (non-hydrogen) atoms. The molecule has 1 amide bonds. The first-order chi connectivity index (χ1) is 12.0. The summed E-state index contributed by atoms with van der Waals surface area (Å²) in [5, 5.41) is 21.6. The second kappa shape index (κ2) is 13.9. The molecule has 0 bridgehead atoms. The molecule has 0 aliphatic rings. The number of amides is 1. The Labute approximate surface area is 163 Å². The molecule has 2 aromatic carbocycles. The van der Waals surface area contributed by atoms with Crippen LogP contribution in [0, 0.1) is 0 Å². The second-order valence-corrected chi connectivity index (χ2v) is 5.48. The Morgan fingerprint density at radius 1 is 1.08 bits per heavy atom. The van der Waals surface area contributed by atoms with Crippen LogP contribution in [0.5, 0.6) is 0 Å². The monoisotopic (exact) mass is 400 g/mol. The van der Waals surface area contributed by atoms with Gasteiger partial charge in [-0.2, -0.15) is 35.9 Å². The van der Waals surface area contributed by atoms with E-state index in [0.29, 0.717) is 6.42 Å². The summed E-state index contributed by atoms with van der Waals surface area (Å²) in [5.74, 6) is -2.98. The van der Waals surface area contributed by atoms with Gasteiger partial charge in [-0.1, -0.05) is 12.8 Å². The summed E-state index contributed by atoms with van der Waals surface area (Å²) in [7, 11) is 0. The summed E-state index contributed by atoms with van der Waals surface area (Å²) in [4.78, 5) is 32.8. The second-order valence-electron chi connectivity index (χ2n) is 5.48. The van der Waals surface area contributed by atoms with Gasteiger partial charge >= 0.3 is 23.0 Å². The summed E-state index contributed by atoms with van der Waals surface area (Å²) in [6.07, 6.45) is 1.04. The van der Waals surface area contributed by atoms with Gasteiger partial charge in [0, 0.05) is 12.8 Å². The predicted molar refractivity (Wildman–Crippen MR) is 90.8 cm³/mol. The fraction of sp³-hybridized carbons (Fsp3) is 0.316. The number of carbonyl (C=O) groups excluding carboxylic acids is 2. The number of nitrogens with one attached hydrogen (secondary N) is 1. The van der Waals surface area contributed by atoms with E-state index in [1.54, 1.807) is 0 Å². The minimum atomic E-state index is -1.46. The quantitative estimate of drug-likeness (QED) is 0.487. The third-order valence-electron chi connectivity index (χ3n) is 3.42. The number of hydrogen-bond donors (Lipinski definition) is 2. The number of carbonyl (C=O) groups is 3. The minimum absolute atomic E-state index is 0. The summed E-state index contributed by atoms with van der Waals surface area (Å²) < 4.78 is 0. The van der Waals surface area contributed by atoms with Crippen molar-refractivity contribution in [2.45, 2.75) is 38.1 Å². The number of carboxylic acids is 2. The Morgan fingerprint density at radius 3 is 2.15 bits per heavy atom. The van der Waals surface area contributed by atoms with Gasteiger partial charge in [0.1, 0.15) is 0 Å². The van der Waals surface area contributed by atoms with Crippen molar-refractivity contribution in [1.82, 2.24) is 5.32 Å².